The van der Waals surface area contributed by atoms with Gasteiger partial charge >= 0.3 is 5.97 Å². The third-order valence-corrected chi connectivity index (χ3v) is 1.14. The Kier molecular flexibility index (Phi) is 4.74. The lowest BCUT2D eigenvalue weighted by Gasteiger charge is -2.14. The average molecular weight is 193 g/mol. The molecule has 0 saturated heterocycles. The minimum absolute atomic E-state index is 0.0130. The third-order valence-electron chi connectivity index (χ3n) is 1.05. The van der Waals surface area contributed by atoms with Gasteiger partial charge in [-0.2, -0.15) is 0 Å². The average Bonchev–Trinajstić information content (AvgIpc) is 1.84. The van der Waals surface area contributed by atoms with E-state index in [9.17, 15) is 4.79 Å². The Bertz CT molecular complexity index is 177. The van der Waals surface area contributed by atoms with Gasteiger partial charge in [-0.15, -0.1) is 0 Å². The van der Waals surface area contributed by atoms with E-state index < -0.39 is 6.29 Å². The van der Waals surface area contributed by atoms with E-state index in [1.165, 1.54) is 0 Å². The van der Waals surface area contributed by atoms with Crippen molar-refractivity contribution in [3.05, 3.63) is 11.8 Å². The Labute approximate surface area is 77.3 Å². The molecule has 0 aliphatic rings. The van der Waals surface area contributed by atoms with E-state index in [2.05, 4.69) is 6.58 Å². The number of hydrogen-bond acceptors (Lipinski definition) is 3. The summed E-state index contributed by atoms with van der Waals surface area (Å²) in [6.45, 7) is 8.36. The molecule has 0 fully saturated rings. The number of ether oxygens (including phenoxy) is 2. The quantitative estimate of drug-likeness (QED) is 0.389. The van der Waals surface area contributed by atoms with E-state index in [0.29, 0.717) is 0 Å². The third kappa shape index (κ3) is 5.02. The first-order valence-corrected chi connectivity index (χ1v) is 4.03. The summed E-state index contributed by atoms with van der Waals surface area (Å²) in [7, 11) is 0. The molecule has 70 valence electrons. The van der Waals surface area contributed by atoms with E-state index in [0.717, 1.165) is 0 Å². The molecule has 0 rings (SSSR count). The summed E-state index contributed by atoms with van der Waals surface area (Å²) in [5.74, 6) is -0.486. The number of hydrogen-bond donors (Lipinski definition) is 0. The number of carbonyl (C=O) groups is 1. The van der Waals surface area contributed by atoms with Crippen LogP contribution in [0.25, 0.3) is 0 Å². The van der Waals surface area contributed by atoms with Gasteiger partial charge in [0.2, 0.25) is 6.29 Å². The van der Waals surface area contributed by atoms with Crippen molar-refractivity contribution in [1.29, 1.82) is 0 Å². The predicted octanol–water partition coefficient (Wildman–Crippen LogP) is 2.26. The van der Waals surface area contributed by atoms with Gasteiger partial charge in [-0.05, 0) is 18.2 Å². The van der Waals surface area contributed by atoms with Gasteiger partial charge in [-0.1, -0.05) is 13.8 Å². The molecule has 4 heteroatoms. The van der Waals surface area contributed by atoms with Crippen LogP contribution in [0.5, 0.6) is 0 Å². The summed E-state index contributed by atoms with van der Waals surface area (Å²) >= 11 is 5.33. The van der Waals surface area contributed by atoms with Gasteiger partial charge in [0, 0.05) is 6.92 Å². The van der Waals surface area contributed by atoms with Crippen LogP contribution < -0.4 is 0 Å². The summed E-state index contributed by atoms with van der Waals surface area (Å²) in [6, 6.07) is 0. The summed E-state index contributed by atoms with van der Waals surface area (Å²) in [6.07, 6.45) is -0.676. The van der Waals surface area contributed by atoms with Crippen LogP contribution in [0, 0.1) is 5.92 Å². The van der Waals surface area contributed by atoms with Crippen LogP contribution in [0.4, 0.5) is 0 Å². The summed E-state index contributed by atoms with van der Waals surface area (Å²) in [5.41, 5.74) is 0. The van der Waals surface area contributed by atoms with Gasteiger partial charge in [-0.25, -0.2) is 0 Å². The number of halogens is 1. The number of carbonyl (C=O) groups excluding carboxylic acids is 1. The molecular formula is C8H13ClO3. The second-order valence-corrected chi connectivity index (χ2v) is 3.05. The van der Waals surface area contributed by atoms with Crippen LogP contribution in [0.3, 0.4) is 0 Å². The second kappa shape index (κ2) is 5.04. The van der Waals surface area contributed by atoms with E-state index >= 15 is 0 Å². The molecule has 12 heavy (non-hydrogen) atoms. The van der Waals surface area contributed by atoms with Gasteiger partial charge in [0.1, 0.15) is 0 Å². The zero-order valence-electron chi connectivity index (χ0n) is 7.46. The highest BCUT2D eigenvalue weighted by molar-refractivity contribution is 6.27. The molecule has 0 radical (unpaired) electrons. The highest BCUT2D eigenvalue weighted by Gasteiger charge is 2.13. The van der Waals surface area contributed by atoms with Gasteiger partial charge in [0.25, 0.3) is 0 Å². The number of rotatable bonds is 4. The van der Waals surface area contributed by atoms with Crippen molar-refractivity contribution in [3.8, 4) is 0 Å². The van der Waals surface area contributed by atoms with E-state index in [1.54, 1.807) is 20.8 Å². The lowest BCUT2D eigenvalue weighted by molar-refractivity contribution is -0.170. The maximum atomic E-state index is 11.0. The molecule has 0 spiro atoms. The monoisotopic (exact) mass is 192 g/mol. The second-order valence-electron chi connectivity index (χ2n) is 2.63. The molecule has 0 amide bonds. The smallest absolute Gasteiger partial charge is 0.311 e. The highest BCUT2D eigenvalue weighted by Crippen LogP contribution is 2.07. The lowest BCUT2D eigenvalue weighted by atomic mass is 10.2. The van der Waals surface area contributed by atoms with Crippen LogP contribution in [0.1, 0.15) is 20.8 Å². The molecule has 0 aromatic rings. The zero-order chi connectivity index (χ0) is 9.72. The molecular weight excluding hydrogens is 180 g/mol. The van der Waals surface area contributed by atoms with Crippen LogP contribution in [-0.2, 0) is 14.3 Å². The van der Waals surface area contributed by atoms with Crippen LogP contribution in [0.2, 0.25) is 0 Å². The summed E-state index contributed by atoms with van der Waals surface area (Å²) < 4.78 is 9.62. The topological polar surface area (TPSA) is 35.5 Å². The fourth-order valence-electron chi connectivity index (χ4n) is 0.504. The van der Waals surface area contributed by atoms with Crippen molar-refractivity contribution in [3.63, 3.8) is 0 Å². The Morgan fingerprint density at radius 3 is 2.17 bits per heavy atom. The summed E-state index contributed by atoms with van der Waals surface area (Å²) in [5, 5.41) is 0.0130. The fraction of sp³-hybridized carbons (Fsp3) is 0.625. The molecule has 0 bridgehead atoms. The van der Waals surface area contributed by atoms with Gasteiger partial charge in [0.05, 0.1) is 5.92 Å². The van der Waals surface area contributed by atoms with Crippen molar-refractivity contribution in [2.24, 2.45) is 5.92 Å². The Balaban J connectivity index is 3.76. The molecule has 0 N–H and O–H groups in total. The molecule has 1 unspecified atom stereocenters. The van der Waals surface area contributed by atoms with Crippen LogP contribution in [-0.4, -0.2) is 12.3 Å². The SMILES string of the molecule is C=C(Cl)OC(C)OC(=O)C(C)C. The summed E-state index contributed by atoms with van der Waals surface area (Å²) in [4.78, 5) is 11.0. The Morgan fingerprint density at radius 1 is 1.33 bits per heavy atom. The molecule has 0 aromatic carbocycles. The van der Waals surface area contributed by atoms with Crippen LogP contribution in [0.15, 0.2) is 11.8 Å². The maximum absolute atomic E-state index is 11.0. The molecule has 1 atom stereocenters. The van der Waals surface area contributed by atoms with Crippen molar-refractivity contribution in [2.75, 3.05) is 0 Å². The first-order chi connectivity index (χ1) is 5.43. The van der Waals surface area contributed by atoms with Crippen LogP contribution >= 0.6 is 11.6 Å². The first kappa shape index (κ1) is 11.3. The molecule has 0 aliphatic carbocycles. The molecule has 0 saturated carbocycles. The van der Waals surface area contributed by atoms with Gasteiger partial charge in [-0.3, -0.25) is 4.79 Å². The van der Waals surface area contributed by atoms with Gasteiger partial charge < -0.3 is 9.47 Å². The van der Waals surface area contributed by atoms with E-state index in [-0.39, 0.29) is 17.1 Å². The van der Waals surface area contributed by atoms with E-state index in [4.69, 9.17) is 21.1 Å². The van der Waals surface area contributed by atoms with Crippen molar-refractivity contribution < 1.29 is 14.3 Å². The number of esters is 1. The first-order valence-electron chi connectivity index (χ1n) is 3.65. The largest absolute Gasteiger partial charge is 0.445 e. The van der Waals surface area contributed by atoms with Crippen molar-refractivity contribution in [1.82, 2.24) is 0 Å². The predicted molar refractivity (Wildman–Crippen MR) is 46.5 cm³/mol. The lowest BCUT2D eigenvalue weighted by Crippen LogP contribution is -2.20. The molecule has 0 aromatic heterocycles. The Morgan fingerprint density at radius 2 is 1.83 bits per heavy atom. The standard InChI is InChI=1S/C8H13ClO3/c1-5(2)8(10)12-7(4)11-6(3)9/h5,7H,3H2,1-2,4H3. The molecule has 0 heterocycles. The minimum Gasteiger partial charge on any atom is -0.445 e. The normalized spacial score (nSPS) is 12.4. The van der Waals surface area contributed by atoms with Gasteiger partial charge in [0.15, 0.2) is 5.22 Å². The molecule has 3 nitrogen and oxygen atoms in total. The van der Waals surface area contributed by atoms with Crippen molar-refractivity contribution >= 4 is 17.6 Å². The highest BCUT2D eigenvalue weighted by atomic mass is 35.5. The van der Waals surface area contributed by atoms with E-state index in [1.807, 2.05) is 0 Å². The fourth-order valence-corrected chi connectivity index (χ4v) is 0.629. The Hall–Kier alpha value is -0.700. The molecule has 0 aliphatic heterocycles. The minimum atomic E-state index is -0.676. The maximum Gasteiger partial charge on any atom is 0.311 e. The van der Waals surface area contributed by atoms with Crippen molar-refractivity contribution in [2.45, 2.75) is 27.1 Å². The zero-order valence-corrected chi connectivity index (χ0v) is 8.22.